The molecule has 0 saturated carbocycles. The molecular formula is C23H26N4O4S. The van der Waals surface area contributed by atoms with Crippen molar-refractivity contribution in [1.82, 2.24) is 14.3 Å². The summed E-state index contributed by atoms with van der Waals surface area (Å²) in [5.74, 6) is 0.499. The molecule has 0 radical (unpaired) electrons. The van der Waals surface area contributed by atoms with Crippen LogP contribution in [0.15, 0.2) is 53.4 Å². The molecular weight excluding hydrogens is 428 g/mol. The fourth-order valence-electron chi connectivity index (χ4n) is 4.16. The van der Waals surface area contributed by atoms with Crippen molar-refractivity contribution < 1.29 is 17.9 Å². The van der Waals surface area contributed by atoms with Crippen LogP contribution in [0.3, 0.4) is 0 Å². The summed E-state index contributed by atoms with van der Waals surface area (Å²) in [5, 5.41) is 0.724. The van der Waals surface area contributed by atoms with Crippen molar-refractivity contribution in [3.05, 3.63) is 59.9 Å². The molecule has 0 amide bonds. The highest BCUT2D eigenvalue weighted by Crippen LogP contribution is 2.27. The molecule has 2 heterocycles. The summed E-state index contributed by atoms with van der Waals surface area (Å²) in [6.07, 6.45) is 1.000. The number of hydrogen-bond donors (Lipinski definition) is 1. The van der Waals surface area contributed by atoms with E-state index < -0.39 is 16.0 Å². The number of ether oxygens (including phenoxy) is 1. The second kappa shape index (κ2) is 8.84. The third kappa shape index (κ3) is 4.58. The number of aromatic nitrogens is 2. The summed E-state index contributed by atoms with van der Waals surface area (Å²) in [5.41, 5.74) is 6.78. The van der Waals surface area contributed by atoms with E-state index in [1.807, 2.05) is 32.0 Å². The van der Waals surface area contributed by atoms with Crippen molar-refractivity contribution in [2.45, 2.75) is 31.8 Å². The molecule has 1 fully saturated rings. The van der Waals surface area contributed by atoms with Gasteiger partial charge in [-0.2, -0.15) is 4.31 Å². The molecule has 168 valence electrons. The topological polar surface area (TPSA) is 115 Å². The number of nitrogen functional groups attached to an aromatic ring is 1. The molecule has 0 spiro atoms. The van der Waals surface area contributed by atoms with Gasteiger partial charge in [0.1, 0.15) is 5.82 Å². The van der Waals surface area contributed by atoms with Gasteiger partial charge in [0.15, 0.2) is 12.4 Å². The summed E-state index contributed by atoms with van der Waals surface area (Å²) in [6.45, 7) is 4.87. The van der Waals surface area contributed by atoms with E-state index in [4.69, 9.17) is 10.5 Å². The first-order valence-electron chi connectivity index (χ1n) is 10.5. The Morgan fingerprint density at radius 2 is 1.81 bits per heavy atom. The number of carbonyl (C=O) groups is 1. The van der Waals surface area contributed by atoms with Crippen molar-refractivity contribution in [1.29, 1.82) is 0 Å². The second-order valence-electron chi connectivity index (χ2n) is 8.41. The molecule has 0 aliphatic carbocycles. The summed E-state index contributed by atoms with van der Waals surface area (Å²) in [6, 6.07) is 13.2. The van der Waals surface area contributed by atoms with Crippen molar-refractivity contribution in [2.24, 2.45) is 11.8 Å². The third-order valence-electron chi connectivity index (χ3n) is 5.55. The molecule has 0 bridgehead atoms. The van der Waals surface area contributed by atoms with Gasteiger partial charge in [0.2, 0.25) is 10.0 Å². The minimum absolute atomic E-state index is 0.0828. The van der Waals surface area contributed by atoms with Gasteiger partial charge in [-0.05, 0) is 48.6 Å². The Bertz CT molecular complexity index is 1250. The van der Waals surface area contributed by atoms with Gasteiger partial charge in [-0.3, -0.25) is 0 Å². The average Bonchev–Trinajstić information content (AvgIpc) is 2.77. The fourth-order valence-corrected chi connectivity index (χ4v) is 5.89. The highest BCUT2D eigenvalue weighted by Gasteiger charge is 2.32. The van der Waals surface area contributed by atoms with Crippen LogP contribution < -0.4 is 5.73 Å². The van der Waals surface area contributed by atoms with Crippen LogP contribution in [0.1, 0.15) is 36.5 Å². The quantitative estimate of drug-likeness (QED) is 0.588. The Hall–Kier alpha value is -3.04. The number of esters is 1. The molecule has 8 nitrogen and oxygen atoms in total. The number of para-hydroxylation sites is 1. The molecule has 1 aliphatic rings. The summed E-state index contributed by atoms with van der Waals surface area (Å²) in [4.78, 5) is 21.2. The number of sulfonamides is 1. The number of anilines is 1. The van der Waals surface area contributed by atoms with E-state index in [0.717, 1.165) is 11.8 Å². The zero-order valence-electron chi connectivity index (χ0n) is 18.1. The van der Waals surface area contributed by atoms with Crippen molar-refractivity contribution in [3.8, 4) is 0 Å². The number of carbonyl (C=O) groups excluding carboxylic acids is 1. The average molecular weight is 455 g/mol. The normalized spacial score (nSPS) is 19.7. The van der Waals surface area contributed by atoms with Gasteiger partial charge in [0.25, 0.3) is 0 Å². The lowest BCUT2D eigenvalue weighted by Gasteiger charge is -2.34. The minimum atomic E-state index is -3.70. The number of hydrogen-bond acceptors (Lipinski definition) is 7. The van der Waals surface area contributed by atoms with E-state index in [1.165, 1.54) is 22.5 Å². The maximum absolute atomic E-state index is 13.1. The molecule has 4 rings (SSSR count). The molecule has 1 aliphatic heterocycles. The van der Waals surface area contributed by atoms with Crippen molar-refractivity contribution in [3.63, 3.8) is 0 Å². The molecule has 2 atom stereocenters. The van der Waals surface area contributed by atoms with Gasteiger partial charge in [-0.25, -0.2) is 23.2 Å². The molecule has 3 aromatic rings. The Labute approximate surface area is 187 Å². The molecule has 9 heteroatoms. The van der Waals surface area contributed by atoms with Crippen LogP contribution >= 0.6 is 0 Å². The van der Waals surface area contributed by atoms with E-state index in [-0.39, 0.29) is 34.7 Å². The summed E-state index contributed by atoms with van der Waals surface area (Å²) < 4.78 is 33.1. The number of nitrogens with two attached hydrogens (primary N) is 1. The zero-order valence-corrected chi connectivity index (χ0v) is 18.9. The van der Waals surface area contributed by atoms with Crippen molar-refractivity contribution >= 4 is 32.7 Å². The van der Waals surface area contributed by atoms with Crippen LogP contribution in [-0.4, -0.2) is 41.7 Å². The fraction of sp³-hybridized carbons (Fsp3) is 0.348. The molecule has 2 aromatic carbocycles. The lowest BCUT2D eigenvalue weighted by atomic mass is 9.94. The van der Waals surface area contributed by atoms with Gasteiger partial charge >= 0.3 is 5.97 Å². The van der Waals surface area contributed by atoms with E-state index in [0.29, 0.717) is 24.4 Å². The number of rotatable bonds is 5. The Morgan fingerprint density at radius 1 is 1.09 bits per heavy atom. The molecule has 1 saturated heterocycles. The smallest absolute Gasteiger partial charge is 0.338 e. The van der Waals surface area contributed by atoms with Crippen LogP contribution in [-0.2, 0) is 21.4 Å². The predicted octanol–water partition coefficient (Wildman–Crippen LogP) is 3.24. The maximum atomic E-state index is 13.1. The van der Waals surface area contributed by atoms with Crippen LogP contribution in [0, 0.1) is 11.8 Å². The largest absolute Gasteiger partial charge is 0.454 e. The highest BCUT2D eigenvalue weighted by atomic mass is 32.2. The number of nitrogens with zero attached hydrogens (tertiary/aromatic N) is 3. The van der Waals surface area contributed by atoms with Gasteiger partial charge < -0.3 is 10.5 Å². The van der Waals surface area contributed by atoms with E-state index in [9.17, 15) is 13.2 Å². The number of fused-ring (bicyclic) bond motifs is 1. The molecule has 2 N–H and O–H groups in total. The monoisotopic (exact) mass is 454 g/mol. The van der Waals surface area contributed by atoms with Gasteiger partial charge in [-0.1, -0.05) is 32.0 Å². The lowest BCUT2D eigenvalue weighted by Crippen LogP contribution is -2.42. The van der Waals surface area contributed by atoms with Crippen LogP contribution in [0.25, 0.3) is 10.9 Å². The van der Waals surface area contributed by atoms with Gasteiger partial charge in [0, 0.05) is 18.5 Å². The van der Waals surface area contributed by atoms with E-state index in [1.54, 1.807) is 12.1 Å². The van der Waals surface area contributed by atoms with Crippen LogP contribution in [0.2, 0.25) is 0 Å². The Morgan fingerprint density at radius 3 is 2.56 bits per heavy atom. The predicted molar refractivity (Wildman–Crippen MR) is 121 cm³/mol. The third-order valence-corrected chi connectivity index (χ3v) is 7.38. The maximum Gasteiger partial charge on any atom is 0.338 e. The molecule has 32 heavy (non-hydrogen) atoms. The van der Waals surface area contributed by atoms with Gasteiger partial charge in [-0.15, -0.1) is 0 Å². The van der Waals surface area contributed by atoms with E-state index >= 15 is 0 Å². The Balaban J connectivity index is 1.50. The number of benzene rings is 2. The Kier molecular flexibility index (Phi) is 6.12. The highest BCUT2D eigenvalue weighted by molar-refractivity contribution is 7.89. The van der Waals surface area contributed by atoms with Crippen LogP contribution in [0.4, 0.5) is 5.82 Å². The standard InChI is InChI=1S/C23H26N4O4S/c1-15-10-16(2)13-27(12-15)32(29,30)18-7-5-6-17(11-18)23(28)31-14-21-25-20-9-4-3-8-19(20)22(24)26-21/h3-9,11,15-16H,10,12-14H2,1-2H3,(H2,24,25,26). The second-order valence-corrected chi connectivity index (χ2v) is 10.4. The summed E-state index contributed by atoms with van der Waals surface area (Å²) in [7, 11) is -3.70. The van der Waals surface area contributed by atoms with E-state index in [2.05, 4.69) is 9.97 Å². The first-order chi connectivity index (χ1) is 15.2. The molecule has 1 aromatic heterocycles. The summed E-state index contributed by atoms with van der Waals surface area (Å²) >= 11 is 0. The first kappa shape index (κ1) is 22.2. The van der Waals surface area contributed by atoms with Crippen LogP contribution in [0.5, 0.6) is 0 Å². The van der Waals surface area contributed by atoms with Gasteiger partial charge in [0.05, 0.1) is 16.0 Å². The first-order valence-corrected chi connectivity index (χ1v) is 12.0. The minimum Gasteiger partial charge on any atom is -0.454 e. The molecule has 2 unspecified atom stereocenters. The zero-order chi connectivity index (χ0) is 22.9. The SMILES string of the molecule is CC1CC(C)CN(S(=O)(=O)c2cccc(C(=O)OCc3nc(N)c4ccccc4n3)c2)C1. The number of piperidine rings is 1. The lowest BCUT2D eigenvalue weighted by molar-refractivity contribution is 0.0462. The van der Waals surface area contributed by atoms with Crippen molar-refractivity contribution in [2.75, 3.05) is 18.8 Å².